The highest BCUT2D eigenvalue weighted by molar-refractivity contribution is 5.83. The van der Waals surface area contributed by atoms with Gasteiger partial charge in [0.2, 0.25) is 5.91 Å². The van der Waals surface area contributed by atoms with Crippen LogP contribution in [0.3, 0.4) is 0 Å². The van der Waals surface area contributed by atoms with E-state index in [9.17, 15) is 22.4 Å². The van der Waals surface area contributed by atoms with Gasteiger partial charge in [0.1, 0.15) is 12.1 Å². The first kappa shape index (κ1) is 19.2. The molecule has 1 aromatic carbocycles. The molecule has 0 saturated carbocycles. The molecule has 0 unspecified atom stereocenters. The summed E-state index contributed by atoms with van der Waals surface area (Å²) in [5, 5.41) is 3.75. The maximum absolute atomic E-state index is 14.1. The van der Waals surface area contributed by atoms with Gasteiger partial charge >= 0.3 is 6.61 Å². The van der Waals surface area contributed by atoms with Crippen molar-refractivity contribution in [2.45, 2.75) is 20.1 Å². The molecule has 6 nitrogen and oxygen atoms in total. The van der Waals surface area contributed by atoms with Crippen LogP contribution in [0.4, 0.5) is 17.6 Å². The predicted molar refractivity (Wildman–Crippen MR) is 95.3 cm³/mol. The summed E-state index contributed by atoms with van der Waals surface area (Å²) >= 11 is 0. The second-order valence-electron chi connectivity index (χ2n) is 6.97. The van der Waals surface area contributed by atoms with Crippen LogP contribution in [-0.2, 0) is 11.3 Å². The molecule has 4 rings (SSSR count). The molecule has 10 heteroatoms. The van der Waals surface area contributed by atoms with Gasteiger partial charge in [-0.1, -0.05) is 13.0 Å². The summed E-state index contributed by atoms with van der Waals surface area (Å²) in [4.78, 5) is 18.0. The maximum atomic E-state index is 14.1. The van der Waals surface area contributed by atoms with Crippen molar-refractivity contribution in [3.8, 4) is 16.9 Å². The Kier molecular flexibility index (Phi) is 4.85. The number of fused-ring (bicyclic) bond motifs is 1. The predicted octanol–water partition coefficient (Wildman–Crippen LogP) is 3.46. The molecule has 0 spiro atoms. The number of halogens is 4. The monoisotopic (exact) mass is 408 g/mol. The number of likely N-dealkylation sites (tertiary alicyclic amines) is 1. The Balaban J connectivity index is 1.68. The Labute approximate surface area is 162 Å². The summed E-state index contributed by atoms with van der Waals surface area (Å²) in [7, 11) is 0. The van der Waals surface area contributed by atoms with E-state index in [0.717, 1.165) is 12.1 Å². The first-order valence-electron chi connectivity index (χ1n) is 8.86. The lowest BCUT2D eigenvalue weighted by Crippen LogP contribution is -2.49. The topological polar surface area (TPSA) is 60.2 Å². The number of amides is 1. The number of ether oxygens (including phenoxy) is 1. The van der Waals surface area contributed by atoms with Crippen LogP contribution < -0.4 is 4.74 Å². The van der Waals surface area contributed by atoms with Crippen LogP contribution in [0.15, 0.2) is 30.5 Å². The van der Waals surface area contributed by atoms with E-state index in [1.807, 2.05) is 6.92 Å². The van der Waals surface area contributed by atoms with E-state index < -0.39 is 24.1 Å². The minimum absolute atomic E-state index is 0.0234. The fourth-order valence-corrected chi connectivity index (χ4v) is 3.29. The normalized spacial score (nSPS) is 14.5. The van der Waals surface area contributed by atoms with Gasteiger partial charge in [-0.25, -0.2) is 9.37 Å². The molecular formula is C19H16F4N4O2. The van der Waals surface area contributed by atoms with Gasteiger partial charge in [-0.15, -0.1) is 5.10 Å². The Morgan fingerprint density at radius 1 is 1.24 bits per heavy atom. The average molecular weight is 408 g/mol. The lowest BCUT2D eigenvalue weighted by Gasteiger charge is -2.37. The average Bonchev–Trinajstić information content (AvgIpc) is 2.95. The summed E-state index contributed by atoms with van der Waals surface area (Å²) in [6, 6.07) is 4.97. The van der Waals surface area contributed by atoms with Crippen molar-refractivity contribution in [2.24, 2.45) is 5.92 Å². The molecule has 2 aromatic heterocycles. The Bertz CT molecular complexity index is 1080. The van der Waals surface area contributed by atoms with Crippen molar-refractivity contribution in [3.05, 3.63) is 42.2 Å². The van der Waals surface area contributed by atoms with Crippen molar-refractivity contribution in [2.75, 3.05) is 13.1 Å². The molecule has 3 heterocycles. The molecule has 0 bridgehead atoms. The molecule has 0 aliphatic carbocycles. The fourth-order valence-electron chi connectivity index (χ4n) is 3.29. The standard InChI is InChI=1S/C19H16F4N4O2/c1-10-7-26(8-10)16(28)9-27-14-4-12(6-24-17(14)18(21)25-27)11-2-3-13(20)15(5-11)29-19(22)23/h2-6,10,19H,7-9H2,1H3. The van der Waals surface area contributed by atoms with Crippen molar-refractivity contribution in [1.29, 1.82) is 0 Å². The second-order valence-corrected chi connectivity index (χ2v) is 6.97. The van der Waals surface area contributed by atoms with Gasteiger partial charge in [-0.05, 0) is 29.7 Å². The van der Waals surface area contributed by atoms with Crippen LogP contribution in [-0.4, -0.2) is 45.3 Å². The molecule has 29 heavy (non-hydrogen) atoms. The van der Waals surface area contributed by atoms with E-state index in [4.69, 9.17) is 0 Å². The van der Waals surface area contributed by atoms with Crippen molar-refractivity contribution < 1.29 is 27.1 Å². The van der Waals surface area contributed by atoms with Crippen LogP contribution in [0.2, 0.25) is 0 Å². The SMILES string of the molecule is CC1CN(C(=O)Cn2nc(F)c3ncc(-c4ccc(F)c(OC(F)F)c4)cc32)C1. The Morgan fingerprint density at radius 2 is 2.00 bits per heavy atom. The third kappa shape index (κ3) is 3.74. The summed E-state index contributed by atoms with van der Waals surface area (Å²) in [6.45, 7) is -0.0101. The molecule has 1 aliphatic heterocycles. The minimum Gasteiger partial charge on any atom is -0.432 e. The largest absolute Gasteiger partial charge is 0.432 e. The van der Waals surface area contributed by atoms with Crippen molar-refractivity contribution in [3.63, 3.8) is 0 Å². The number of hydrogen-bond acceptors (Lipinski definition) is 4. The molecule has 1 aliphatic rings. The highest BCUT2D eigenvalue weighted by Crippen LogP contribution is 2.29. The van der Waals surface area contributed by atoms with Gasteiger partial charge < -0.3 is 9.64 Å². The Morgan fingerprint density at radius 3 is 2.69 bits per heavy atom. The lowest BCUT2D eigenvalue weighted by molar-refractivity contribution is -0.137. The molecule has 0 radical (unpaired) electrons. The van der Waals surface area contributed by atoms with Crippen LogP contribution in [0, 0.1) is 17.7 Å². The van der Waals surface area contributed by atoms with Gasteiger partial charge in [-0.3, -0.25) is 9.48 Å². The first-order valence-corrected chi connectivity index (χ1v) is 8.86. The van der Waals surface area contributed by atoms with E-state index in [-0.39, 0.29) is 23.5 Å². The number of aromatic nitrogens is 3. The minimum atomic E-state index is -3.17. The van der Waals surface area contributed by atoms with Crippen molar-refractivity contribution >= 4 is 16.9 Å². The van der Waals surface area contributed by atoms with E-state index >= 15 is 0 Å². The van der Waals surface area contributed by atoms with Gasteiger partial charge in [0.05, 0.1) is 5.52 Å². The van der Waals surface area contributed by atoms with Gasteiger partial charge in [0.25, 0.3) is 5.95 Å². The highest BCUT2D eigenvalue weighted by atomic mass is 19.3. The molecule has 3 aromatic rings. The zero-order chi connectivity index (χ0) is 20.7. The number of benzene rings is 1. The van der Waals surface area contributed by atoms with Crippen LogP contribution >= 0.6 is 0 Å². The molecule has 1 fully saturated rings. The van der Waals surface area contributed by atoms with E-state index in [2.05, 4.69) is 14.8 Å². The zero-order valence-electron chi connectivity index (χ0n) is 15.3. The van der Waals surface area contributed by atoms with E-state index in [1.54, 1.807) is 4.90 Å². The van der Waals surface area contributed by atoms with Gasteiger partial charge in [-0.2, -0.15) is 13.2 Å². The molecule has 1 saturated heterocycles. The number of carbonyl (C=O) groups excluding carboxylic acids is 1. The quantitative estimate of drug-likeness (QED) is 0.607. The lowest BCUT2D eigenvalue weighted by atomic mass is 10.0. The van der Waals surface area contributed by atoms with Crippen LogP contribution in [0.1, 0.15) is 6.92 Å². The van der Waals surface area contributed by atoms with Gasteiger partial charge in [0, 0.05) is 24.8 Å². The summed E-state index contributed by atoms with van der Waals surface area (Å²) in [5.41, 5.74) is 0.988. The highest BCUT2D eigenvalue weighted by Gasteiger charge is 2.28. The summed E-state index contributed by atoms with van der Waals surface area (Å²) in [6.07, 6.45) is 1.32. The second kappa shape index (κ2) is 7.34. The van der Waals surface area contributed by atoms with Crippen LogP contribution in [0.25, 0.3) is 22.2 Å². The molecule has 1 amide bonds. The third-order valence-electron chi connectivity index (χ3n) is 4.73. The summed E-state index contributed by atoms with van der Waals surface area (Å²) in [5.74, 6) is -2.13. The number of nitrogens with zero attached hydrogens (tertiary/aromatic N) is 4. The molecule has 0 atom stereocenters. The number of hydrogen-bond donors (Lipinski definition) is 0. The summed E-state index contributed by atoms with van der Waals surface area (Å²) < 4.78 is 58.1. The van der Waals surface area contributed by atoms with E-state index in [1.165, 1.54) is 23.0 Å². The number of carbonyl (C=O) groups is 1. The van der Waals surface area contributed by atoms with Gasteiger partial charge in [0.15, 0.2) is 11.6 Å². The van der Waals surface area contributed by atoms with Crippen LogP contribution in [0.5, 0.6) is 5.75 Å². The zero-order valence-corrected chi connectivity index (χ0v) is 15.3. The molecular weight excluding hydrogens is 392 g/mol. The fraction of sp³-hybridized carbons (Fsp3) is 0.316. The number of alkyl halides is 2. The molecule has 152 valence electrons. The smallest absolute Gasteiger partial charge is 0.387 e. The Hall–Kier alpha value is -3.17. The first-order chi connectivity index (χ1) is 13.8. The number of pyridine rings is 1. The third-order valence-corrected chi connectivity index (χ3v) is 4.73. The van der Waals surface area contributed by atoms with Crippen molar-refractivity contribution in [1.82, 2.24) is 19.7 Å². The maximum Gasteiger partial charge on any atom is 0.387 e. The van der Waals surface area contributed by atoms with E-state index in [0.29, 0.717) is 30.1 Å². The molecule has 0 N–H and O–H groups in total. The number of rotatable bonds is 5.